The van der Waals surface area contributed by atoms with E-state index in [0.29, 0.717) is 94.7 Å². The molecule has 13 nitrogen and oxygen atoms in total. The molecule has 9 rings (SSSR count). The second-order valence-electron chi connectivity index (χ2n) is 20.0. The number of aliphatic hydroxyl groups is 3. The van der Waals surface area contributed by atoms with Gasteiger partial charge in [0.1, 0.15) is 17.3 Å². The van der Waals surface area contributed by atoms with Crippen LogP contribution in [0.3, 0.4) is 0 Å². The lowest BCUT2D eigenvalue weighted by Crippen LogP contribution is -2.81. The number of thiol groups is 1. The van der Waals surface area contributed by atoms with Gasteiger partial charge in [0.15, 0.2) is 5.60 Å². The Balaban J connectivity index is 1.30. The third-order valence-corrected chi connectivity index (χ3v) is 17.8. The SMILES string of the molecule is CC[C@]1(O)C[C@H]2CN(CCc3c([nH]c4ccccc34)[C@@](C(=O)OC)(c3cc4c(cc3OC)N(C)[C@H]3[C@@](O)(C(=O)NCCC[SH](C)(C)=O)[C@H](O)[C@]5(CC)C=CCN6CC[C@]43C65)C2)C1. The van der Waals surface area contributed by atoms with E-state index in [2.05, 4.69) is 38.3 Å². The van der Waals surface area contributed by atoms with Crippen LogP contribution in [0.25, 0.3) is 10.9 Å². The number of rotatable bonds is 10. The summed E-state index contributed by atoms with van der Waals surface area (Å²) in [4.78, 5) is 40.7. The number of aliphatic hydroxyl groups excluding tert-OH is 1. The molecule has 1 amide bonds. The number of nitrogens with one attached hydrogen (secondary N) is 2. The number of esters is 1. The predicted octanol–water partition coefficient (Wildman–Crippen LogP) is 3.03. The number of aromatic amines is 1. The molecule has 6 aliphatic rings. The van der Waals surface area contributed by atoms with E-state index in [-0.39, 0.29) is 18.5 Å². The van der Waals surface area contributed by atoms with Crippen LogP contribution in [-0.4, -0.2) is 154 Å². The number of aromatic nitrogens is 1. The van der Waals surface area contributed by atoms with Crippen LogP contribution in [-0.2, 0) is 41.5 Å². The van der Waals surface area contributed by atoms with Gasteiger partial charge in [0.25, 0.3) is 5.91 Å². The molecule has 2 bridgehead atoms. The van der Waals surface area contributed by atoms with E-state index < -0.39 is 61.4 Å². The number of ether oxygens (including phenoxy) is 2. The number of nitrogens with zero attached hydrogens (tertiary/aromatic N) is 3. The first-order valence-electron chi connectivity index (χ1n) is 22.7. The van der Waals surface area contributed by atoms with Gasteiger partial charge in [-0.15, -0.1) is 9.93 Å². The molecule has 1 aromatic heterocycles. The second kappa shape index (κ2) is 15.2. The van der Waals surface area contributed by atoms with Crippen molar-refractivity contribution in [2.45, 2.75) is 99.0 Å². The quantitative estimate of drug-likeness (QED) is 0.0768. The van der Waals surface area contributed by atoms with Crippen molar-refractivity contribution in [2.75, 3.05) is 83.7 Å². The fourth-order valence-electron chi connectivity index (χ4n) is 13.8. The largest absolute Gasteiger partial charge is 0.496 e. The highest BCUT2D eigenvalue weighted by Crippen LogP contribution is 2.67. The van der Waals surface area contributed by atoms with Crippen molar-refractivity contribution in [1.82, 2.24) is 20.1 Å². The molecule has 3 fully saturated rings. The van der Waals surface area contributed by atoms with E-state index in [1.807, 2.05) is 56.1 Å². The summed E-state index contributed by atoms with van der Waals surface area (Å²) in [5.74, 6) is -0.260. The van der Waals surface area contributed by atoms with Gasteiger partial charge < -0.3 is 40.0 Å². The Bertz CT molecular complexity index is 2360. The van der Waals surface area contributed by atoms with Crippen molar-refractivity contribution in [1.29, 1.82) is 0 Å². The van der Waals surface area contributed by atoms with Crippen molar-refractivity contribution in [3.63, 3.8) is 0 Å². The first kappa shape index (κ1) is 43.5. The van der Waals surface area contributed by atoms with Crippen molar-refractivity contribution in [3.8, 4) is 5.75 Å². The maximum atomic E-state index is 15.4. The topological polar surface area (TPSA) is 168 Å². The molecular weight excluding hydrogens is 807 g/mol. The Labute approximate surface area is 366 Å². The summed E-state index contributed by atoms with van der Waals surface area (Å²) in [5.41, 5.74) is -1.50. The number of carbonyl (C=O) groups excluding carboxylic acids is 2. The molecule has 1 saturated carbocycles. The zero-order chi connectivity index (χ0) is 44.2. The normalized spacial score (nSPS) is 36.4. The highest BCUT2D eigenvalue weighted by Gasteiger charge is 2.78. The summed E-state index contributed by atoms with van der Waals surface area (Å²) >= 11 is 0. The maximum Gasteiger partial charge on any atom is 0.322 e. The molecule has 6 heterocycles. The molecule has 1 spiro atoms. The average molecular weight is 874 g/mol. The molecule has 2 unspecified atom stereocenters. The molecule has 14 heteroatoms. The summed E-state index contributed by atoms with van der Waals surface area (Å²) < 4.78 is 24.9. The van der Waals surface area contributed by atoms with Crippen LogP contribution in [0.5, 0.6) is 5.75 Å². The fourth-order valence-corrected chi connectivity index (χ4v) is 14.8. The third-order valence-electron chi connectivity index (χ3n) is 16.4. The number of hydrogen-bond donors (Lipinski definition) is 6. The van der Waals surface area contributed by atoms with Crippen molar-refractivity contribution in [2.24, 2.45) is 11.3 Å². The molecule has 338 valence electrons. The number of para-hydroxylation sites is 1. The van der Waals surface area contributed by atoms with Gasteiger partial charge in [0.2, 0.25) is 0 Å². The average Bonchev–Trinajstić information content (AvgIpc) is 3.91. The van der Waals surface area contributed by atoms with Crippen LogP contribution in [0.15, 0.2) is 48.6 Å². The Kier molecular flexibility index (Phi) is 10.6. The highest BCUT2D eigenvalue weighted by atomic mass is 32.2. The van der Waals surface area contributed by atoms with E-state index in [1.54, 1.807) is 19.6 Å². The standard InChI is InChI=1S/C48H67N5O8S/c1-8-44(57)26-30-27-47(43(56)61-5,38-32(16-21-52(28-30)29-44)31-14-10-11-15-35(31)50-38)34-24-33-36(25-37(34)60-4)51(3)40-46(33)18-22-53-20-12-17-45(9-2,39(46)53)41(54)48(40,58)42(55)49-19-13-23-62(6,7)59/h10-12,14-15,17,24-25,30,39-41,50,54,57-58,62H,8-9,13,16,18-23,26-29H2,1-7H3,(H,49,55)/t30-,39?,40-,41-,44+,45-,46-,47+,48+/m1/s1. The number of carbonyl (C=O) groups is 2. The first-order chi connectivity index (χ1) is 29.5. The molecule has 62 heavy (non-hydrogen) atoms. The van der Waals surface area contributed by atoms with Gasteiger partial charge >= 0.3 is 5.97 Å². The van der Waals surface area contributed by atoms with Crippen molar-refractivity contribution < 1.29 is 38.6 Å². The van der Waals surface area contributed by atoms with Crippen LogP contribution < -0.4 is 15.0 Å². The Morgan fingerprint density at radius 3 is 2.52 bits per heavy atom. The number of likely N-dealkylation sites (N-methyl/N-ethyl adjacent to an activating group) is 1. The zero-order valence-corrected chi connectivity index (χ0v) is 38.4. The number of amides is 1. The van der Waals surface area contributed by atoms with E-state index in [4.69, 9.17) is 9.47 Å². The molecule has 3 aromatic rings. The van der Waals surface area contributed by atoms with Gasteiger partial charge in [-0.3, -0.25) is 23.6 Å². The summed E-state index contributed by atoms with van der Waals surface area (Å²) in [5, 5.41) is 42.2. The number of benzene rings is 2. The minimum absolute atomic E-state index is 0.0946. The van der Waals surface area contributed by atoms with Crippen molar-refractivity contribution >= 4 is 38.4 Å². The lowest BCUT2D eigenvalue weighted by Gasteiger charge is -2.63. The molecule has 5 aliphatic heterocycles. The predicted molar refractivity (Wildman–Crippen MR) is 243 cm³/mol. The fraction of sp³-hybridized carbons (Fsp3) is 0.625. The summed E-state index contributed by atoms with van der Waals surface area (Å²) in [6, 6.07) is 11.1. The lowest BCUT2D eigenvalue weighted by molar-refractivity contribution is -0.203. The van der Waals surface area contributed by atoms with Gasteiger partial charge in [-0.05, 0) is 93.2 Å². The number of anilines is 1. The minimum Gasteiger partial charge on any atom is -0.496 e. The van der Waals surface area contributed by atoms with E-state index >= 15 is 4.79 Å². The molecule has 0 radical (unpaired) electrons. The minimum atomic E-state index is -2.34. The van der Waals surface area contributed by atoms with Gasteiger partial charge in [-0.1, -0.05) is 44.2 Å². The lowest BCUT2D eigenvalue weighted by atomic mass is 9.47. The molecule has 2 aromatic carbocycles. The Hall–Kier alpha value is -3.79. The first-order valence-corrected chi connectivity index (χ1v) is 25.5. The summed E-state index contributed by atoms with van der Waals surface area (Å²) in [6.45, 7) is 7.58. The Morgan fingerprint density at radius 1 is 1.03 bits per heavy atom. The van der Waals surface area contributed by atoms with Gasteiger partial charge in [-0.25, -0.2) is 0 Å². The highest BCUT2D eigenvalue weighted by molar-refractivity contribution is 8.01. The third kappa shape index (κ3) is 6.06. The van der Waals surface area contributed by atoms with Crippen LogP contribution in [0, 0.1) is 11.3 Å². The van der Waals surface area contributed by atoms with Gasteiger partial charge in [0.05, 0.1) is 25.9 Å². The van der Waals surface area contributed by atoms with Crippen LogP contribution in [0.1, 0.15) is 74.8 Å². The smallest absolute Gasteiger partial charge is 0.322 e. The van der Waals surface area contributed by atoms with E-state index in [0.717, 1.165) is 33.4 Å². The second-order valence-corrected chi connectivity index (χ2v) is 23.6. The number of methoxy groups -OCH3 is 2. The van der Waals surface area contributed by atoms with Crippen LogP contribution in [0.4, 0.5) is 5.69 Å². The van der Waals surface area contributed by atoms with Gasteiger partial charge in [0, 0.05) is 96.3 Å². The molecule has 2 saturated heterocycles. The Morgan fingerprint density at radius 2 is 1.81 bits per heavy atom. The van der Waals surface area contributed by atoms with Crippen molar-refractivity contribution in [3.05, 3.63) is 70.9 Å². The molecule has 10 atom stereocenters. The number of H-pyrrole nitrogens is 1. The number of piperidine rings is 1. The van der Waals surface area contributed by atoms with Crippen LogP contribution >= 0.6 is 0 Å². The van der Waals surface area contributed by atoms with Crippen LogP contribution in [0.2, 0.25) is 0 Å². The monoisotopic (exact) mass is 873 g/mol. The zero-order valence-electron chi connectivity index (χ0n) is 37.5. The van der Waals surface area contributed by atoms with Gasteiger partial charge in [-0.2, -0.15) is 0 Å². The molecule has 5 N–H and O–H groups in total. The van der Waals surface area contributed by atoms with E-state index in [9.17, 15) is 24.3 Å². The maximum absolute atomic E-state index is 15.4. The number of hydrogen-bond acceptors (Lipinski definition) is 11. The number of fused-ring (bicyclic) bond motifs is 6. The molecular formula is C48H67N5O8S. The molecule has 1 aliphatic carbocycles. The van der Waals surface area contributed by atoms with E-state index in [1.165, 1.54) is 7.11 Å². The summed E-state index contributed by atoms with van der Waals surface area (Å²) in [6.07, 6.45) is 9.73. The summed E-state index contributed by atoms with van der Waals surface area (Å²) in [7, 11) is 2.60.